The van der Waals surface area contributed by atoms with Gasteiger partial charge in [0.15, 0.2) is 0 Å². The number of hydrogen-bond acceptors (Lipinski definition) is 2. The van der Waals surface area contributed by atoms with E-state index in [1.165, 1.54) is 0 Å². The zero-order chi connectivity index (χ0) is 7.12. The van der Waals surface area contributed by atoms with Crippen molar-refractivity contribution >= 4 is 0 Å². The summed E-state index contributed by atoms with van der Waals surface area (Å²) in [5.41, 5.74) is 5.74. The fraction of sp³-hybridized carbons (Fsp3) is 1.00. The van der Waals surface area contributed by atoms with E-state index in [1.807, 2.05) is 6.92 Å². The smallest absolute Gasteiger partial charge is 0.0651 e. The van der Waals surface area contributed by atoms with Gasteiger partial charge < -0.3 is 10.5 Å². The van der Waals surface area contributed by atoms with E-state index in [9.17, 15) is 0 Å². The van der Waals surface area contributed by atoms with Gasteiger partial charge >= 0.3 is 0 Å². The third kappa shape index (κ3) is 1.66. The normalized spacial score (nSPS) is 41.3. The van der Waals surface area contributed by atoms with Crippen molar-refractivity contribution in [3.05, 3.63) is 0 Å². The second-order valence-electron chi connectivity index (χ2n) is 3.88. The first-order valence-electron chi connectivity index (χ1n) is 3.34. The number of ether oxygens (including phenoxy) is 1. The summed E-state index contributed by atoms with van der Waals surface area (Å²) in [7, 11) is 0. The maximum Gasteiger partial charge on any atom is 0.0651 e. The van der Waals surface area contributed by atoms with E-state index >= 15 is 0 Å². The monoisotopic (exact) mass is 129 g/mol. The Balaban J connectivity index is 2.58. The summed E-state index contributed by atoms with van der Waals surface area (Å²) < 4.78 is 5.43. The molecule has 0 spiro atoms. The number of rotatable bonds is 0. The predicted octanol–water partition coefficient (Wildman–Crippen LogP) is 0.903. The van der Waals surface area contributed by atoms with Crippen molar-refractivity contribution in [2.45, 2.75) is 38.3 Å². The van der Waals surface area contributed by atoms with E-state index in [4.69, 9.17) is 10.5 Å². The number of hydrogen-bond donors (Lipinski definition) is 1. The number of nitrogens with two attached hydrogens (primary N) is 1. The minimum atomic E-state index is -0.0938. The first-order chi connectivity index (χ1) is 3.91. The van der Waals surface area contributed by atoms with Crippen molar-refractivity contribution in [3.63, 3.8) is 0 Å². The first kappa shape index (κ1) is 7.03. The standard InChI is InChI=1S/C7H15NO/c1-6(2)4-7(3,8)5-9-6/h4-5,8H2,1-3H3/t7-/m1/s1. The van der Waals surface area contributed by atoms with Gasteiger partial charge in [-0.3, -0.25) is 0 Å². The van der Waals surface area contributed by atoms with Crippen LogP contribution in [0, 0.1) is 0 Å². The molecule has 1 aliphatic heterocycles. The lowest BCUT2D eigenvalue weighted by molar-refractivity contribution is 0.0345. The Morgan fingerprint density at radius 3 is 2.00 bits per heavy atom. The second-order valence-corrected chi connectivity index (χ2v) is 3.88. The van der Waals surface area contributed by atoms with Crippen molar-refractivity contribution in [3.8, 4) is 0 Å². The molecule has 1 atom stereocenters. The van der Waals surface area contributed by atoms with Crippen LogP contribution in [-0.2, 0) is 4.74 Å². The Hall–Kier alpha value is -0.0800. The summed E-state index contributed by atoms with van der Waals surface area (Å²) in [4.78, 5) is 0. The molecule has 0 aliphatic carbocycles. The van der Waals surface area contributed by atoms with Crippen LogP contribution >= 0.6 is 0 Å². The molecule has 0 aromatic heterocycles. The minimum Gasteiger partial charge on any atom is -0.374 e. The van der Waals surface area contributed by atoms with Crippen molar-refractivity contribution in [1.82, 2.24) is 0 Å². The van der Waals surface area contributed by atoms with E-state index in [-0.39, 0.29) is 11.1 Å². The summed E-state index contributed by atoms with van der Waals surface area (Å²) in [5.74, 6) is 0. The molecule has 1 rings (SSSR count). The molecular weight excluding hydrogens is 114 g/mol. The first-order valence-corrected chi connectivity index (χ1v) is 3.34. The third-order valence-corrected chi connectivity index (χ3v) is 1.62. The van der Waals surface area contributed by atoms with Gasteiger partial charge in [0.05, 0.1) is 12.2 Å². The summed E-state index contributed by atoms with van der Waals surface area (Å²) >= 11 is 0. The maximum atomic E-state index is 5.83. The Bertz CT molecular complexity index is 104. The van der Waals surface area contributed by atoms with Gasteiger partial charge in [0, 0.05) is 5.54 Å². The lowest BCUT2D eigenvalue weighted by Crippen LogP contribution is -2.37. The zero-order valence-electron chi connectivity index (χ0n) is 6.40. The molecule has 1 aliphatic rings. The molecule has 1 fully saturated rings. The third-order valence-electron chi connectivity index (χ3n) is 1.62. The molecule has 0 amide bonds. The van der Waals surface area contributed by atoms with E-state index in [0.717, 1.165) is 6.42 Å². The van der Waals surface area contributed by atoms with Gasteiger partial charge in [-0.2, -0.15) is 0 Å². The SMILES string of the molecule is CC1(C)C[C@@](C)(N)CO1. The summed E-state index contributed by atoms with van der Waals surface area (Å²) in [6.45, 7) is 6.87. The molecule has 2 heteroatoms. The van der Waals surface area contributed by atoms with Crippen LogP contribution in [0.3, 0.4) is 0 Å². The van der Waals surface area contributed by atoms with Crippen LogP contribution in [0.4, 0.5) is 0 Å². The summed E-state index contributed by atoms with van der Waals surface area (Å²) in [5, 5.41) is 0. The fourth-order valence-corrected chi connectivity index (χ4v) is 1.43. The summed E-state index contributed by atoms with van der Waals surface area (Å²) in [6.07, 6.45) is 0.958. The molecule has 0 bridgehead atoms. The Kier molecular flexibility index (Phi) is 1.33. The van der Waals surface area contributed by atoms with Crippen molar-refractivity contribution in [1.29, 1.82) is 0 Å². The molecule has 1 saturated heterocycles. The highest BCUT2D eigenvalue weighted by atomic mass is 16.5. The van der Waals surface area contributed by atoms with Gasteiger partial charge in [-0.1, -0.05) is 0 Å². The van der Waals surface area contributed by atoms with Crippen molar-refractivity contribution < 1.29 is 4.74 Å². The van der Waals surface area contributed by atoms with Crippen LogP contribution in [0.25, 0.3) is 0 Å². The molecule has 1 heterocycles. The largest absolute Gasteiger partial charge is 0.374 e. The van der Waals surface area contributed by atoms with Crippen LogP contribution in [0.5, 0.6) is 0 Å². The Labute approximate surface area is 56.4 Å². The van der Waals surface area contributed by atoms with Crippen LogP contribution in [0.15, 0.2) is 0 Å². The van der Waals surface area contributed by atoms with Gasteiger partial charge in [0.25, 0.3) is 0 Å². The van der Waals surface area contributed by atoms with Gasteiger partial charge in [-0.25, -0.2) is 0 Å². The molecule has 0 saturated carbocycles. The quantitative estimate of drug-likeness (QED) is 0.527. The molecule has 54 valence electrons. The Morgan fingerprint density at radius 2 is 1.89 bits per heavy atom. The van der Waals surface area contributed by atoms with Gasteiger partial charge in [0.1, 0.15) is 0 Å². The molecular formula is C7H15NO. The molecule has 0 aromatic carbocycles. The van der Waals surface area contributed by atoms with Crippen molar-refractivity contribution in [2.24, 2.45) is 5.73 Å². The predicted molar refractivity (Wildman–Crippen MR) is 37.2 cm³/mol. The van der Waals surface area contributed by atoms with E-state index < -0.39 is 0 Å². The molecule has 9 heavy (non-hydrogen) atoms. The summed E-state index contributed by atoms with van der Waals surface area (Å²) in [6, 6.07) is 0. The van der Waals surface area contributed by atoms with Crippen LogP contribution < -0.4 is 5.73 Å². The second kappa shape index (κ2) is 1.70. The van der Waals surface area contributed by atoms with Crippen LogP contribution in [0.1, 0.15) is 27.2 Å². The highest BCUT2D eigenvalue weighted by Crippen LogP contribution is 2.29. The maximum absolute atomic E-state index is 5.83. The van der Waals surface area contributed by atoms with Gasteiger partial charge in [-0.05, 0) is 27.2 Å². The average molecular weight is 129 g/mol. The topological polar surface area (TPSA) is 35.2 Å². The highest BCUT2D eigenvalue weighted by molar-refractivity contribution is 4.93. The lowest BCUT2D eigenvalue weighted by Gasteiger charge is -2.18. The Morgan fingerprint density at radius 1 is 1.33 bits per heavy atom. The van der Waals surface area contributed by atoms with Gasteiger partial charge in [-0.15, -0.1) is 0 Å². The molecule has 2 N–H and O–H groups in total. The lowest BCUT2D eigenvalue weighted by atomic mass is 9.94. The zero-order valence-corrected chi connectivity index (χ0v) is 6.40. The van der Waals surface area contributed by atoms with E-state index in [2.05, 4.69) is 13.8 Å². The van der Waals surface area contributed by atoms with Crippen molar-refractivity contribution in [2.75, 3.05) is 6.61 Å². The molecule has 0 unspecified atom stereocenters. The van der Waals surface area contributed by atoms with Crippen LogP contribution in [0.2, 0.25) is 0 Å². The molecule has 2 nitrogen and oxygen atoms in total. The molecule has 0 radical (unpaired) electrons. The van der Waals surface area contributed by atoms with E-state index in [0.29, 0.717) is 6.61 Å². The highest BCUT2D eigenvalue weighted by Gasteiger charge is 2.37. The molecule has 0 aromatic rings. The fourth-order valence-electron chi connectivity index (χ4n) is 1.43. The van der Waals surface area contributed by atoms with Gasteiger partial charge in [0.2, 0.25) is 0 Å². The van der Waals surface area contributed by atoms with E-state index in [1.54, 1.807) is 0 Å². The minimum absolute atomic E-state index is 0.00347. The average Bonchev–Trinajstić information content (AvgIpc) is 1.78. The van der Waals surface area contributed by atoms with Crippen LogP contribution in [-0.4, -0.2) is 17.7 Å².